The second-order valence-corrected chi connectivity index (χ2v) is 4.88. The van der Waals surface area contributed by atoms with Crippen LogP contribution in [-0.2, 0) is 4.79 Å². The third-order valence-electron chi connectivity index (χ3n) is 2.14. The van der Waals surface area contributed by atoms with Crippen LogP contribution >= 0.6 is 11.8 Å². The summed E-state index contributed by atoms with van der Waals surface area (Å²) in [6, 6.07) is 7.63. The maximum Gasteiger partial charge on any atom is 0.221 e. The van der Waals surface area contributed by atoms with E-state index < -0.39 is 0 Å². The van der Waals surface area contributed by atoms with E-state index in [1.807, 2.05) is 24.3 Å². The number of hydrogen-bond acceptors (Lipinski definition) is 4. The lowest BCUT2D eigenvalue weighted by atomic mass is 10.3. The normalized spacial score (nSPS) is 12.2. The van der Waals surface area contributed by atoms with Crippen LogP contribution in [-0.4, -0.2) is 29.4 Å². The monoisotopic (exact) mass is 254 g/mol. The third kappa shape index (κ3) is 5.72. The van der Waals surface area contributed by atoms with Crippen molar-refractivity contribution in [3.8, 4) is 0 Å². The van der Waals surface area contributed by atoms with Gasteiger partial charge in [-0.3, -0.25) is 4.79 Å². The summed E-state index contributed by atoms with van der Waals surface area (Å²) >= 11 is 1.65. The summed E-state index contributed by atoms with van der Waals surface area (Å²) in [5.74, 6) is 0.704. The fourth-order valence-corrected chi connectivity index (χ4v) is 2.19. The van der Waals surface area contributed by atoms with Gasteiger partial charge in [0.05, 0.1) is 0 Å². The predicted molar refractivity (Wildman–Crippen MR) is 71.1 cm³/mol. The lowest BCUT2D eigenvalue weighted by Gasteiger charge is -2.09. The number of amides is 1. The lowest BCUT2D eigenvalue weighted by molar-refractivity contribution is -0.114. The standard InChI is InChI=1S/C12H18N2O2S/c1-9(16)14-11-2-4-12(5-3-11)17-8-10(13)6-7-15/h2-5,10,15H,6-8,13H2,1H3,(H,14,16). The molecule has 0 aromatic heterocycles. The van der Waals surface area contributed by atoms with Gasteiger partial charge in [-0.05, 0) is 30.7 Å². The van der Waals surface area contributed by atoms with Crippen LogP contribution in [0.3, 0.4) is 0 Å². The van der Waals surface area contributed by atoms with Gasteiger partial charge in [0.15, 0.2) is 0 Å². The topological polar surface area (TPSA) is 75.4 Å². The summed E-state index contributed by atoms with van der Waals surface area (Å²) in [5, 5.41) is 11.4. The van der Waals surface area contributed by atoms with E-state index in [0.29, 0.717) is 6.42 Å². The van der Waals surface area contributed by atoms with Crippen molar-refractivity contribution in [3.05, 3.63) is 24.3 Å². The maximum atomic E-state index is 10.8. The second kappa shape index (κ2) is 7.32. The average Bonchev–Trinajstić information content (AvgIpc) is 2.28. The van der Waals surface area contributed by atoms with Crippen LogP contribution in [0.5, 0.6) is 0 Å². The first-order valence-electron chi connectivity index (χ1n) is 5.48. The minimum atomic E-state index is -0.0737. The summed E-state index contributed by atoms with van der Waals surface area (Å²) in [6.45, 7) is 1.61. The van der Waals surface area contributed by atoms with E-state index in [1.54, 1.807) is 11.8 Å². The molecule has 1 aromatic carbocycles. The molecule has 1 aromatic rings. The Balaban J connectivity index is 2.42. The van der Waals surface area contributed by atoms with Gasteiger partial charge in [-0.15, -0.1) is 11.8 Å². The van der Waals surface area contributed by atoms with E-state index in [4.69, 9.17) is 10.8 Å². The molecule has 4 nitrogen and oxygen atoms in total. The maximum absolute atomic E-state index is 10.8. The Hall–Kier alpha value is -1.04. The Morgan fingerprint density at radius 2 is 2.12 bits per heavy atom. The van der Waals surface area contributed by atoms with Crippen molar-refractivity contribution in [1.29, 1.82) is 0 Å². The van der Waals surface area contributed by atoms with Crippen LogP contribution in [0.4, 0.5) is 5.69 Å². The van der Waals surface area contributed by atoms with Crippen LogP contribution in [0.1, 0.15) is 13.3 Å². The highest BCUT2D eigenvalue weighted by atomic mass is 32.2. The number of benzene rings is 1. The zero-order valence-corrected chi connectivity index (χ0v) is 10.7. The van der Waals surface area contributed by atoms with Crippen LogP contribution in [0.2, 0.25) is 0 Å². The van der Waals surface area contributed by atoms with Gasteiger partial charge in [0.2, 0.25) is 5.91 Å². The van der Waals surface area contributed by atoms with Gasteiger partial charge in [-0.25, -0.2) is 0 Å². The van der Waals surface area contributed by atoms with Crippen LogP contribution in [0.15, 0.2) is 29.2 Å². The van der Waals surface area contributed by atoms with Gasteiger partial charge < -0.3 is 16.2 Å². The smallest absolute Gasteiger partial charge is 0.221 e. The third-order valence-corrected chi connectivity index (χ3v) is 3.34. The Kier molecular flexibility index (Phi) is 6.04. The number of nitrogens with one attached hydrogen (secondary N) is 1. The van der Waals surface area contributed by atoms with Gasteiger partial charge in [-0.1, -0.05) is 0 Å². The first kappa shape index (κ1) is 14.0. The lowest BCUT2D eigenvalue weighted by Crippen LogP contribution is -2.23. The molecule has 0 heterocycles. The largest absolute Gasteiger partial charge is 0.396 e. The highest BCUT2D eigenvalue weighted by molar-refractivity contribution is 7.99. The van der Waals surface area contributed by atoms with E-state index in [-0.39, 0.29) is 18.6 Å². The molecule has 0 aliphatic carbocycles. The van der Waals surface area contributed by atoms with Crippen molar-refractivity contribution < 1.29 is 9.90 Å². The molecule has 1 rings (SSSR count). The minimum Gasteiger partial charge on any atom is -0.396 e. The summed E-state index contributed by atoms with van der Waals surface area (Å²) in [4.78, 5) is 11.9. The predicted octanol–water partition coefficient (Wildman–Crippen LogP) is 1.45. The second-order valence-electron chi connectivity index (χ2n) is 3.79. The number of hydrogen-bond donors (Lipinski definition) is 3. The number of anilines is 1. The minimum absolute atomic E-state index is 0.0139. The van der Waals surface area contributed by atoms with Crippen molar-refractivity contribution in [1.82, 2.24) is 0 Å². The zero-order chi connectivity index (χ0) is 12.7. The SMILES string of the molecule is CC(=O)Nc1ccc(SCC(N)CCO)cc1. The fourth-order valence-electron chi connectivity index (χ4n) is 1.29. The zero-order valence-electron chi connectivity index (χ0n) is 9.85. The first-order chi connectivity index (χ1) is 8.11. The van der Waals surface area contributed by atoms with Gasteiger partial charge in [-0.2, -0.15) is 0 Å². The quantitative estimate of drug-likeness (QED) is 0.672. The van der Waals surface area contributed by atoms with E-state index in [1.165, 1.54) is 6.92 Å². The molecule has 4 N–H and O–H groups in total. The fraction of sp³-hybridized carbons (Fsp3) is 0.417. The molecule has 0 fully saturated rings. The average molecular weight is 254 g/mol. The van der Waals surface area contributed by atoms with Crippen molar-refractivity contribution in [2.24, 2.45) is 5.73 Å². The highest BCUT2D eigenvalue weighted by Gasteiger charge is 2.03. The number of rotatable bonds is 6. The number of aliphatic hydroxyl groups excluding tert-OH is 1. The molecule has 1 amide bonds. The molecule has 0 radical (unpaired) electrons. The molecule has 5 heteroatoms. The van der Waals surface area contributed by atoms with Crippen LogP contribution in [0, 0.1) is 0 Å². The number of aliphatic hydroxyl groups is 1. The van der Waals surface area contributed by atoms with E-state index in [2.05, 4.69) is 5.32 Å². The van der Waals surface area contributed by atoms with Gasteiger partial charge in [0.25, 0.3) is 0 Å². The summed E-state index contributed by atoms with van der Waals surface area (Å²) in [6.07, 6.45) is 0.622. The van der Waals surface area contributed by atoms with Crippen molar-refractivity contribution in [2.45, 2.75) is 24.3 Å². The molecule has 94 valence electrons. The number of carbonyl (C=O) groups is 1. The van der Waals surface area contributed by atoms with Crippen molar-refractivity contribution >= 4 is 23.4 Å². The van der Waals surface area contributed by atoms with Gasteiger partial charge in [0.1, 0.15) is 0 Å². The molecular weight excluding hydrogens is 236 g/mol. The first-order valence-corrected chi connectivity index (χ1v) is 6.47. The molecule has 17 heavy (non-hydrogen) atoms. The van der Waals surface area contributed by atoms with E-state index in [0.717, 1.165) is 16.3 Å². The number of carbonyl (C=O) groups excluding carboxylic acids is 1. The number of thioether (sulfide) groups is 1. The van der Waals surface area contributed by atoms with Crippen LogP contribution in [0.25, 0.3) is 0 Å². The van der Waals surface area contributed by atoms with Gasteiger partial charge >= 0.3 is 0 Å². The molecule has 0 saturated carbocycles. The van der Waals surface area contributed by atoms with Crippen LogP contribution < -0.4 is 11.1 Å². The molecule has 0 spiro atoms. The van der Waals surface area contributed by atoms with Crippen molar-refractivity contribution in [2.75, 3.05) is 17.7 Å². The molecule has 1 atom stereocenters. The Morgan fingerprint density at radius 3 is 2.65 bits per heavy atom. The summed E-state index contributed by atoms with van der Waals surface area (Å²) in [7, 11) is 0. The number of nitrogens with two attached hydrogens (primary N) is 1. The molecule has 1 unspecified atom stereocenters. The van der Waals surface area contributed by atoms with E-state index in [9.17, 15) is 4.79 Å². The molecular formula is C12H18N2O2S. The van der Waals surface area contributed by atoms with Gasteiger partial charge in [0, 0.05) is 35.9 Å². The Bertz CT molecular complexity index is 354. The van der Waals surface area contributed by atoms with E-state index >= 15 is 0 Å². The molecule has 0 aliphatic rings. The summed E-state index contributed by atoms with van der Waals surface area (Å²) in [5.41, 5.74) is 6.58. The Labute approximate surface area is 106 Å². The molecule has 0 saturated heterocycles. The van der Waals surface area contributed by atoms with Crippen molar-refractivity contribution in [3.63, 3.8) is 0 Å². The molecule has 0 aliphatic heterocycles. The Morgan fingerprint density at radius 1 is 1.47 bits per heavy atom. The molecule has 0 bridgehead atoms. The summed E-state index contributed by atoms with van der Waals surface area (Å²) < 4.78 is 0. The highest BCUT2D eigenvalue weighted by Crippen LogP contribution is 2.21.